The molecule has 0 unspecified atom stereocenters. The van der Waals surface area contributed by atoms with Gasteiger partial charge in [-0.1, -0.05) is 20.8 Å². The summed E-state index contributed by atoms with van der Waals surface area (Å²) < 4.78 is 21.1. The third kappa shape index (κ3) is 11.7. The van der Waals surface area contributed by atoms with E-state index in [4.69, 9.17) is 5.14 Å². The van der Waals surface area contributed by atoms with Crippen LogP contribution in [0, 0.1) is 0 Å². The Bertz CT molecular complexity index is 306. The summed E-state index contributed by atoms with van der Waals surface area (Å²) in [6.07, 6.45) is 0. The van der Waals surface area contributed by atoms with Crippen LogP contribution in [-0.2, 0) is 14.8 Å². The number of amides is 1. The minimum Gasteiger partial charge on any atom is -0.354 e. The van der Waals surface area contributed by atoms with Crippen molar-refractivity contribution in [1.29, 1.82) is 0 Å². The number of thioether (sulfide) groups is 1. The molecular weight excluding hydrogens is 236 g/mol. The third-order valence-corrected chi connectivity index (χ3v) is 3.39. The fraction of sp³-hybridized carbons (Fsp3) is 0.875. The largest absolute Gasteiger partial charge is 0.354 e. The third-order valence-electron chi connectivity index (χ3n) is 1.35. The second-order valence-electron chi connectivity index (χ2n) is 4.12. The van der Waals surface area contributed by atoms with E-state index in [9.17, 15) is 13.2 Å². The molecule has 3 N–H and O–H groups in total. The molecule has 0 radical (unpaired) electrons. The minimum absolute atomic E-state index is 0.0251. The van der Waals surface area contributed by atoms with Crippen molar-refractivity contribution in [1.82, 2.24) is 5.32 Å². The van der Waals surface area contributed by atoms with Crippen molar-refractivity contribution in [2.24, 2.45) is 5.14 Å². The van der Waals surface area contributed by atoms with E-state index in [-0.39, 0.29) is 23.0 Å². The lowest BCUT2D eigenvalue weighted by atomic mass is 10.3. The molecule has 0 aromatic rings. The summed E-state index contributed by atoms with van der Waals surface area (Å²) in [6, 6.07) is 0. The molecule has 0 aromatic heterocycles. The molecule has 0 saturated carbocycles. The maximum absolute atomic E-state index is 11.2. The Balaban J connectivity index is 3.69. The van der Waals surface area contributed by atoms with Crippen LogP contribution in [0.4, 0.5) is 0 Å². The molecule has 7 heteroatoms. The highest BCUT2D eigenvalue weighted by Crippen LogP contribution is 2.22. The van der Waals surface area contributed by atoms with Gasteiger partial charge in [0, 0.05) is 11.3 Å². The van der Waals surface area contributed by atoms with Crippen LogP contribution in [-0.4, -0.2) is 37.1 Å². The molecule has 0 atom stereocenters. The quantitative estimate of drug-likeness (QED) is 0.718. The maximum Gasteiger partial charge on any atom is 0.230 e. The van der Waals surface area contributed by atoms with Crippen molar-refractivity contribution >= 4 is 27.7 Å². The second-order valence-corrected chi connectivity index (χ2v) is 7.65. The summed E-state index contributed by atoms with van der Waals surface area (Å²) in [5, 5.41) is 7.27. The van der Waals surface area contributed by atoms with E-state index in [0.29, 0.717) is 5.75 Å². The Labute approximate surface area is 95.2 Å². The average molecular weight is 254 g/mol. The monoisotopic (exact) mass is 254 g/mol. The summed E-state index contributed by atoms with van der Waals surface area (Å²) in [5.74, 6) is -0.0638. The van der Waals surface area contributed by atoms with Gasteiger partial charge in [-0.3, -0.25) is 4.79 Å². The molecule has 0 aliphatic heterocycles. The number of hydrogen-bond donors (Lipinski definition) is 2. The Kier molecular flexibility index (Phi) is 5.61. The highest BCUT2D eigenvalue weighted by molar-refractivity contribution is 8.01. The average Bonchev–Trinajstić information content (AvgIpc) is 1.97. The normalized spacial score (nSPS) is 12.5. The number of sulfonamides is 1. The van der Waals surface area contributed by atoms with E-state index >= 15 is 0 Å². The summed E-state index contributed by atoms with van der Waals surface area (Å²) in [6.45, 7) is 6.10. The maximum atomic E-state index is 11.2. The number of nitrogens with one attached hydrogen (secondary N) is 1. The van der Waals surface area contributed by atoms with Crippen LogP contribution >= 0.6 is 11.8 Å². The van der Waals surface area contributed by atoms with Crippen molar-refractivity contribution in [2.75, 3.05) is 18.1 Å². The number of carbonyl (C=O) groups is 1. The van der Waals surface area contributed by atoms with Crippen LogP contribution in [0.5, 0.6) is 0 Å². The highest BCUT2D eigenvalue weighted by Gasteiger charge is 2.13. The lowest BCUT2D eigenvalue weighted by molar-refractivity contribution is -0.118. The molecule has 0 aromatic carbocycles. The van der Waals surface area contributed by atoms with Gasteiger partial charge in [0.2, 0.25) is 15.9 Å². The van der Waals surface area contributed by atoms with Crippen molar-refractivity contribution in [3.05, 3.63) is 0 Å². The lowest BCUT2D eigenvalue weighted by Gasteiger charge is -2.16. The Hall–Kier alpha value is -0.270. The zero-order valence-corrected chi connectivity index (χ0v) is 10.9. The first-order chi connectivity index (χ1) is 6.60. The molecule has 5 nitrogen and oxygen atoms in total. The molecule has 0 aliphatic rings. The van der Waals surface area contributed by atoms with E-state index in [1.165, 1.54) is 11.8 Å². The predicted molar refractivity (Wildman–Crippen MR) is 63.2 cm³/mol. The van der Waals surface area contributed by atoms with E-state index < -0.39 is 10.0 Å². The highest BCUT2D eigenvalue weighted by atomic mass is 32.2. The topological polar surface area (TPSA) is 89.3 Å². The first kappa shape index (κ1) is 14.7. The van der Waals surface area contributed by atoms with Gasteiger partial charge in [0.05, 0.1) is 11.5 Å². The van der Waals surface area contributed by atoms with Gasteiger partial charge in [-0.05, 0) is 0 Å². The zero-order chi connectivity index (χ0) is 12.1. The van der Waals surface area contributed by atoms with Crippen molar-refractivity contribution in [3.63, 3.8) is 0 Å². The molecule has 0 saturated heterocycles. The molecule has 0 heterocycles. The molecular formula is C8H18N2O3S2. The predicted octanol–water partition coefficient (Wildman–Crippen LogP) is -0.0772. The summed E-state index contributed by atoms with van der Waals surface area (Å²) in [7, 11) is -3.48. The van der Waals surface area contributed by atoms with Gasteiger partial charge in [0.25, 0.3) is 0 Å². The zero-order valence-electron chi connectivity index (χ0n) is 9.24. The molecule has 1 amide bonds. The van der Waals surface area contributed by atoms with Crippen LogP contribution in [0.1, 0.15) is 20.8 Å². The molecule has 0 fully saturated rings. The van der Waals surface area contributed by atoms with Gasteiger partial charge in [-0.15, -0.1) is 11.8 Å². The second kappa shape index (κ2) is 5.72. The van der Waals surface area contributed by atoms with E-state index in [2.05, 4.69) is 5.32 Å². The van der Waals surface area contributed by atoms with Crippen LogP contribution in [0.15, 0.2) is 0 Å². The Morgan fingerprint density at radius 2 is 1.93 bits per heavy atom. The standard InChI is InChI=1S/C8H18N2O3S2/c1-8(2,3)14-6-7(11)10-4-5-15(9,12)13/h4-6H2,1-3H3,(H,10,11)(H2,9,12,13). The van der Waals surface area contributed by atoms with E-state index in [0.717, 1.165) is 0 Å². The first-order valence-corrected chi connectivity index (χ1v) is 7.21. The molecule has 0 bridgehead atoms. The van der Waals surface area contributed by atoms with Crippen LogP contribution in [0.3, 0.4) is 0 Å². The summed E-state index contributed by atoms with van der Waals surface area (Å²) in [5.41, 5.74) is 0. The molecule has 0 spiro atoms. The van der Waals surface area contributed by atoms with Crippen LogP contribution < -0.4 is 10.5 Å². The van der Waals surface area contributed by atoms with E-state index in [1.807, 2.05) is 20.8 Å². The van der Waals surface area contributed by atoms with E-state index in [1.54, 1.807) is 0 Å². The Morgan fingerprint density at radius 3 is 2.33 bits per heavy atom. The van der Waals surface area contributed by atoms with Gasteiger partial charge in [-0.2, -0.15) is 0 Å². The fourth-order valence-electron chi connectivity index (χ4n) is 0.666. The summed E-state index contributed by atoms with van der Waals surface area (Å²) >= 11 is 1.51. The Morgan fingerprint density at radius 1 is 1.40 bits per heavy atom. The van der Waals surface area contributed by atoms with Crippen LogP contribution in [0.2, 0.25) is 0 Å². The minimum atomic E-state index is -3.48. The number of nitrogens with two attached hydrogens (primary N) is 1. The number of carbonyl (C=O) groups excluding carboxylic acids is 1. The molecule has 0 aliphatic carbocycles. The van der Waals surface area contributed by atoms with Gasteiger partial charge in [-0.25, -0.2) is 13.6 Å². The van der Waals surface area contributed by atoms with Gasteiger partial charge in [0.15, 0.2) is 0 Å². The lowest BCUT2D eigenvalue weighted by Crippen LogP contribution is -2.33. The van der Waals surface area contributed by atoms with Crippen LogP contribution in [0.25, 0.3) is 0 Å². The van der Waals surface area contributed by atoms with Crippen molar-refractivity contribution in [3.8, 4) is 0 Å². The molecule has 15 heavy (non-hydrogen) atoms. The number of primary sulfonamides is 1. The van der Waals surface area contributed by atoms with Crippen molar-refractivity contribution in [2.45, 2.75) is 25.5 Å². The SMILES string of the molecule is CC(C)(C)SCC(=O)NCCS(N)(=O)=O. The number of hydrogen-bond acceptors (Lipinski definition) is 4. The van der Waals surface area contributed by atoms with Gasteiger partial charge >= 0.3 is 0 Å². The number of rotatable bonds is 5. The van der Waals surface area contributed by atoms with Gasteiger partial charge in [0.1, 0.15) is 0 Å². The van der Waals surface area contributed by atoms with Crippen molar-refractivity contribution < 1.29 is 13.2 Å². The first-order valence-electron chi connectivity index (χ1n) is 4.51. The van der Waals surface area contributed by atoms with Gasteiger partial charge < -0.3 is 5.32 Å². The summed E-state index contributed by atoms with van der Waals surface area (Å²) in [4.78, 5) is 11.2. The molecule has 90 valence electrons. The molecule has 0 rings (SSSR count). The smallest absolute Gasteiger partial charge is 0.230 e. The fourth-order valence-corrected chi connectivity index (χ4v) is 1.72.